The van der Waals surface area contributed by atoms with Crippen molar-refractivity contribution in [3.8, 4) is 17.2 Å². The van der Waals surface area contributed by atoms with E-state index in [1.54, 1.807) is 6.07 Å². The van der Waals surface area contributed by atoms with Crippen LogP contribution in [-0.4, -0.2) is 32.3 Å². The number of unbranched alkanes of at least 4 members (excludes halogenated alkanes) is 4. The quantitative estimate of drug-likeness (QED) is 0.230. The van der Waals surface area contributed by atoms with Crippen molar-refractivity contribution in [3.63, 3.8) is 0 Å². The Labute approximate surface area is 208 Å². The standard InChI is InChI=1S/C29H36N2O4/c1-2-3-4-5-9-19-33-27-17-15-24(16-18-27)30-23-29(32)31-25-11-10-14-28(22-25)35-21-20-34-26-12-7-6-8-13-26/h6-8,10-18,22,30H,2-5,9,19-21,23H2,1H3,(H,31,32). The molecule has 0 aromatic heterocycles. The minimum absolute atomic E-state index is 0.137. The van der Waals surface area contributed by atoms with Crippen molar-refractivity contribution in [1.29, 1.82) is 0 Å². The lowest BCUT2D eigenvalue weighted by molar-refractivity contribution is -0.114. The van der Waals surface area contributed by atoms with Crippen LogP contribution in [0.1, 0.15) is 39.0 Å². The maximum atomic E-state index is 12.4. The highest BCUT2D eigenvalue weighted by atomic mass is 16.5. The minimum atomic E-state index is -0.137. The summed E-state index contributed by atoms with van der Waals surface area (Å²) in [5.41, 5.74) is 1.55. The molecule has 186 valence electrons. The molecule has 0 aliphatic carbocycles. The molecule has 0 fully saturated rings. The van der Waals surface area contributed by atoms with E-state index in [1.807, 2.05) is 72.8 Å². The van der Waals surface area contributed by atoms with Gasteiger partial charge < -0.3 is 24.8 Å². The zero-order chi connectivity index (χ0) is 24.6. The number of rotatable bonds is 16. The highest BCUT2D eigenvalue weighted by molar-refractivity contribution is 5.93. The van der Waals surface area contributed by atoms with E-state index in [0.29, 0.717) is 24.7 Å². The second-order valence-electron chi connectivity index (χ2n) is 8.23. The number of carbonyl (C=O) groups excluding carboxylic acids is 1. The van der Waals surface area contributed by atoms with Crippen LogP contribution >= 0.6 is 0 Å². The largest absolute Gasteiger partial charge is 0.494 e. The molecule has 1 amide bonds. The summed E-state index contributed by atoms with van der Waals surface area (Å²) in [6, 6.07) is 24.6. The minimum Gasteiger partial charge on any atom is -0.494 e. The molecule has 0 heterocycles. The summed E-state index contributed by atoms with van der Waals surface area (Å²) < 4.78 is 17.2. The lowest BCUT2D eigenvalue weighted by Gasteiger charge is -2.11. The summed E-state index contributed by atoms with van der Waals surface area (Å²) in [5.74, 6) is 2.20. The molecule has 0 atom stereocenters. The zero-order valence-corrected chi connectivity index (χ0v) is 20.5. The van der Waals surface area contributed by atoms with Gasteiger partial charge in [0.2, 0.25) is 5.91 Å². The molecule has 0 radical (unpaired) electrons. The maximum Gasteiger partial charge on any atom is 0.243 e. The molecule has 3 aromatic carbocycles. The van der Waals surface area contributed by atoms with Gasteiger partial charge in [0.25, 0.3) is 0 Å². The van der Waals surface area contributed by atoms with E-state index < -0.39 is 0 Å². The van der Waals surface area contributed by atoms with Crippen molar-refractivity contribution in [2.24, 2.45) is 0 Å². The van der Waals surface area contributed by atoms with Crippen molar-refractivity contribution in [2.75, 3.05) is 37.0 Å². The van der Waals surface area contributed by atoms with Gasteiger partial charge in [-0.1, -0.05) is 56.9 Å². The van der Waals surface area contributed by atoms with Crippen LogP contribution in [0.5, 0.6) is 17.2 Å². The molecule has 0 bridgehead atoms. The first-order chi connectivity index (χ1) is 17.2. The molecule has 2 N–H and O–H groups in total. The smallest absolute Gasteiger partial charge is 0.243 e. The SMILES string of the molecule is CCCCCCCOc1ccc(NCC(=O)Nc2cccc(OCCOc3ccccc3)c2)cc1. The predicted molar refractivity (Wildman–Crippen MR) is 142 cm³/mol. The Morgan fingerprint density at radius 3 is 2.09 bits per heavy atom. The number of para-hydroxylation sites is 1. The van der Waals surface area contributed by atoms with Gasteiger partial charge in [0.15, 0.2) is 0 Å². The fraction of sp³-hybridized carbons (Fsp3) is 0.345. The van der Waals surface area contributed by atoms with Crippen LogP contribution in [0.4, 0.5) is 11.4 Å². The van der Waals surface area contributed by atoms with Gasteiger partial charge in [-0.2, -0.15) is 0 Å². The van der Waals surface area contributed by atoms with Crippen LogP contribution in [0.15, 0.2) is 78.9 Å². The molecule has 3 rings (SSSR count). The van der Waals surface area contributed by atoms with Crippen LogP contribution in [0.3, 0.4) is 0 Å². The maximum absolute atomic E-state index is 12.4. The van der Waals surface area contributed by atoms with Gasteiger partial charge in [0.05, 0.1) is 13.2 Å². The Hall–Kier alpha value is -3.67. The number of ether oxygens (including phenoxy) is 3. The molecule has 0 aliphatic heterocycles. The summed E-state index contributed by atoms with van der Waals surface area (Å²) in [6.45, 7) is 3.96. The summed E-state index contributed by atoms with van der Waals surface area (Å²) in [4.78, 5) is 12.4. The van der Waals surface area contributed by atoms with Crippen LogP contribution < -0.4 is 24.8 Å². The summed E-state index contributed by atoms with van der Waals surface area (Å²) >= 11 is 0. The third-order valence-corrected chi connectivity index (χ3v) is 5.31. The lowest BCUT2D eigenvalue weighted by atomic mass is 10.2. The summed E-state index contributed by atoms with van der Waals surface area (Å²) in [7, 11) is 0. The summed E-state index contributed by atoms with van der Waals surface area (Å²) in [5, 5.41) is 6.03. The van der Waals surface area contributed by atoms with Gasteiger partial charge in [-0.15, -0.1) is 0 Å². The van der Waals surface area contributed by atoms with Crippen LogP contribution in [0, 0.1) is 0 Å². The highest BCUT2D eigenvalue weighted by Gasteiger charge is 2.05. The number of anilines is 2. The number of amides is 1. The molecule has 3 aromatic rings. The number of carbonyl (C=O) groups is 1. The van der Waals surface area contributed by atoms with Crippen molar-refractivity contribution in [3.05, 3.63) is 78.9 Å². The Morgan fingerprint density at radius 1 is 0.657 bits per heavy atom. The van der Waals surface area contributed by atoms with E-state index in [9.17, 15) is 4.79 Å². The molecule has 6 heteroatoms. The number of hydrogen-bond acceptors (Lipinski definition) is 5. The average molecular weight is 477 g/mol. The number of benzene rings is 3. The van der Waals surface area contributed by atoms with Crippen molar-refractivity contribution < 1.29 is 19.0 Å². The Balaban J connectivity index is 1.33. The Kier molecular flexibility index (Phi) is 11.3. The average Bonchev–Trinajstić information content (AvgIpc) is 2.89. The second-order valence-corrected chi connectivity index (χ2v) is 8.23. The first-order valence-electron chi connectivity index (χ1n) is 12.4. The van der Waals surface area contributed by atoms with Crippen LogP contribution in [-0.2, 0) is 4.79 Å². The van der Waals surface area contributed by atoms with Gasteiger partial charge in [0.1, 0.15) is 30.5 Å². The normalized spacial score (nSPS) is 10.4. The van der Waals surface area contributed by atoms with E-state index >= 15 is 0 Å². The fourth-order valence-electron chi connectivity index (χ4n) is 3.45. The first kappa shape index (κ1) is 25.9. The molecule has 0 saturated heterocycles. The molecule has 0 unspecified atom stereocenters. The van der Waals surface area contributed by atoms with E-state index in [4.69, 9.17) is 14.2 Å². The van der Waals surface area contributed by atoms with E-state index in [-0.39, 0.29) is 12.5 Å². The lowest BCUT2D eigenvalue weighted by Crippen LogP contribution is -2.21. The van der Waals surface area contributed by atoms with Gasteiger partial charge >= 0.3 is 0 Å². The monoisotopic (exact) mass is 476 g/mol. The van der Waals surface area contributed by atoms with Gasteiger partial charge in [-0.3, -0.25) is 4.79 Å². The third-order valence-electron chi connectivity index (χ3n) is 5.31. The molecular weight excluding hydrogens is 440 g/mol. The second kappa shape index (κ2) is 15.3. The Morgan fingerprint density at radius 2 is 1.31 bits per heavy atom. The van der Waals surface area contributed by atoms with E-state index in [2.05, 4.69) is 17.6 Å². The molecule has 35 heavy (non-hydrogen) atoms. The number of hydrogen-bond donors (Lipinski definition) is 2. The van der Waals surface area contributed by atoms with Crippen molar-refractivity contribution >= 4 is 17.3 Å². The van der Waals surface area contributed by atoms with Crippen molar-refractivity contribution in [2.45, 2.75) is 39.0 Å². The van der Waals surface area contributed by atoms with E-state index in [1.165, 1.54) is 25.7 Å². The zero-order valence-electron chi connectivity index (χ0n) is 20.5. The third kappa shape index (κ3) is 10.4. The van der Waals surface area contributed by atoms with Gasteiger partial charge in [-0.05, 0) is 55.0 Å². The van der Waals surface area contributed by atoms with Crippen LogP contribution in [0.2, 0.25) is 0 Å². The first-order valence-corrected chi connectivity index (χ1v) is 12.4. The molecule has 0 spiro atoms. The molecule has 0 aliphatic rings. The van der Waals surface area contributed by atoms with Gasteiger partial charge in [0, 0.05) is 17.4 Å². The highest BCUT2D eigenvalue weighted by Crippen LogP contribution is 2.19. The van der Waals surface area contributed by atoms with Gasteiger partial charge in [-0.25, -0.2) is 0 Å². The topological polar surface area (TPSA) is 68.8 Å². The summed E-state index contributed by atoms with van der Waals surface area (Å²) in [6.07, 6.45) is 6.09. The molecular formula is C29H36N2O4. The Bertz CT molecular complexity index is 993. The molecule has 0 saturated carbocycles. The fourth-order valence-corrected chi connectivity index (χ4v) is 3.45. The van der Waals surface area contributed by atoms with E-state index in [0.717, 1.165) is 30.2 Å². The van der Waals surface area contributed by atoms with Crippen molar-refractivity contribution in [1.82, 2.24) is 0 Å². The molecule has 6 nitrogen and oxygen atoms in total. The number of nitrogens with one attached hydrogen (secondary N) is 2. The van der Waals surface area contributed by atoms with Crippen LogP contribution in [0.25, 0.3) is 0 Å². The predicted octanol–water partition coefficient (Wildman–Crippen LogP) is 6.54.